The molecule has 0 bridgehead atoms. The lowest BCUT2D eigenvalue weighted by Crippen LogP contribution is -2.48. The van der Waals surface area contributed by atoms with Crippen LogP contribution in [-0.2, 0) is 4.74 Å². The van der Waals surface area contributed by atoms with Gasteiger partial charge >= 0.3 is 0 Å². The molecule has 1 aromatic heterocycles. The maximum atomic E-state index is 13.8. The Morgan fingerprint density at radius 3 is 2.94 bits per heavy atom. The lowest BCUT2D eigenvalue weighted by atomic mass is 10.2. The number of ether oxygens (including phenoxy) is 1. The third-order valence-electron chi connectivity index (χ3n) is 2.48. The maximum Gasteiger partial charge on any atom is 0.225 e. The van der Waals surface area contributed by atoms with Crippen LogP contribution in [-0.4, -0.2) is 47.5 Å². The van der Waals surface area contributed by atoms with Gasteiger partial charge in [0.25, 0.3) is 0 Å². The van der Waals surface area contributed by atoms with Crippen LogP contribution in [0.15, 0.2) is 0 Å². The first-order chi connectivity index (χ1) is 8.13. The van der Waals surface area contributed by atoms with E-state index in [0.717, 1.165) is 0 Å². The summed E-state index contributed by atoms with van der Waals surface area (Å²) >= 11 is 11.2. The molecule has 1 saturated heterocycles. The van der Waals surface area contributed by atoms with Gasteiger partial charge in [0.05, 0.1) is 25.9 Å². The second-order valence-corrected chi connectivity index (χ2v) is 4.22. The molecular formula is C9H10Cl2FN3O2. The van der Waals surface area contributed by atoms with E-state index < -0.39 is 5.82 Å². The predicted molar refractivity (Wildman–Crippen MR) is 61.0 cm³/mol. The van der Waals surface area contributed by atoms with Gasteiger partial charge in [-0.05, 0) is 11.6 Å². The van der Waals surface area contributed by atoms with Crippen LogP contribution in [0.25, 0.3) is 0 Å². The van der Waals surface area contributed by atoms with Gasteiger partial charge in [0.15, 0.2) is 11.0 Å². The van der Waals surface area contributed by atoms with Gasteiger partial charge in [0.2, 0.25) is 11.1 Å². The number of hydrogen-bond donors (Lipinski definition) is 1. The highest BCUT2D eigenvalue weighted by atomic mass is 35.5. The fourth-order valence-corrected chi connectivity index (χ4v) is 2.03. The summed E-state index contributed by atoms with van der Waals surface area (Å²) in [6, 6.07) is -0.361. The molecule has 0 aliphatic carbocycles. The minimum atomic E-state index is -0.739. The van der Waals surface area contributed by atoms with Crippen molar-refractivity contribution in [3.05, 3.63) is 16.3 Å². The molecule has 17 heavy (non-hydrogen) atoms. The minimum absolute atomic E-state index is 0.00245. The van der Waals surface area contributed by atoms with E-state index in [-0.39, 0.29) is 28.9 Å². The summed E-state index contributed by atoms with van der Waals surface area (Å²) in [5.74, 6) is -0.742. The van der Waals surface area contributed by atoms with Crippen molar-refractivity contribution >= 4 is 29.0 Å². The van der Waals surface area contributed by atoms with Gasteiger partial charge in [-0.1, -0.05) is 11.6 Å². The number of aromatic nitrogens is 2. The van der Waals surface area contributed by atoms with Crippen molar-refractivity contribution in [1.29, 1.82) is 0 Å². The normalized spacial score (nSPS) is 20.7. The van der Waals surface area contributed by atoms with E-state index in [4.69, 9.17) is 27.9 Å². The van der Waals surface area contributed by atoms with E-state index >= 15 is 0 Å². The quantitative estimate of drug-likeness (QED) is 0.650. The van der Waals surface area contributed by atoms with Crippen LogP contribution in [0.4, 0.5) is 10.2 Å². The molecule has 1 N–H and O–H groups in total. The number of halogens is 3. The number of anilines is 1. The Morgan fingerprint density at radius 1 is 1.47 bits per heavy atom. The van der Waals surface area contributed by atoms with Crippen LogP contribution < -0.4 is 4.90 Å². The van der Waals surface area contributed by atoms with E-state index in [1.165, 1.54) is 0 Å². The standard InChI is InChI=1S/C9H10Cl2FN3O2/c10-7-6(12)8(14-9(11)13-7)15-1-2-17-4-5(15)3-16/h5,16H,1-4H2/t5-/m1/s1. The van der Waals surface area contributed by atoms with Crippen molar-refractivity contribution in [3.63, 3.8) is 0 Å². The molecule has 5 nitrogen and oxygen atoms in total. The molecule has 0 radical (unpaired) electrons. The molecule has 1 atom stereocenters. The summed E-state index contributed by atoms with van der Waals surface area (Å²) in [5.41, 5.74) is 0. The van der Waals surface area contributed by atoms with Crippen LogP contribution in [0.2, 0.25) is 10.4 Å². The summed E-state index contributed by atoms with van der Waals surface area (Å²) in [4.78, 5) is 8.90. The predicted octanol–water partition coefficient (Wildman–Crippen LogP) is 1.12. The van der Waals surface area contributed by atoms with Gasteiger partial charge in [0.1, 0.15) is 0 Å². The Kier molecular flexibility index (Phi) is 3.98. The van der Waals surface area contributed by atoms with Crippen molar-refractivity contribution in [2.45, 2.75) is 6.04 Å². The third kappa shape index (κ3) is 2.60. The van der Waals surface area contributed by atoms with E-state index in [1.807, 2.05) is 0 Å². The highest BCUT2D eigenvalue weighted by Gasteiger charge is 2.27. The molecule has 2 rings (SSSR count). The second-order valence-electron chi connectivity index (χ2n) is 3.53. The van der Waals surface area contributed by atoms with Crippen molar-refractivity contribution in [2.24, 2.45) is 0 Å². The first-order valence-electron chi connectivity index (χ1n) is 4.97. The molecule has 8 heteroatoms. The summed E-state index contributed by atoms with van der Waals surface area (Å²) in [5, 5.41) is 8.74. The molecule has 2 heterocycles. The zero-order valence-corrected chi connectivity index (χ0v) is 10.2. The number of hydrogen-bond acceptors (Lipinski definition) is 5. The van der Waals surface area contributed by atoms with E-state index in [1.54, 1.807) is 4.90 Å². The number of morpholine rings is 1. The van der Waals surface area contributed by atoms with Crippen LogP contribution in [0.1, 0.15) is 0 Å². The smallest absolute Gasteiger partial charge is 0.225 e. The van der Waals surface area contributed by atoms with Gasteiger partial charge in [-0.25, -0.2) is 4.98 Å². The lowest BCUT2D eigenvalue weighted by Gasteiger charge is -2.35. The van der Waals surface area contributed by atoms with Gasteiger partial charge in [0, 0.05) is 6.54 Å². The van der Waals surface area contributed by atoms with Crippen molar-refractivity contribution in [3.8, 4) is 0 Å². The van der Waals surface area contributed by atoms with E-state index in [0.29, 0.717) is 19.8 Å². The number of nitrogens with zero attached hydrogens (tertiary/aromatic N) is 3. The molecule has 0 amide bonds. The number of rotatable bonds is 2. The summed E-state index contributed by atoms with van der Waals surface area (Å²) in [6.45, 7) is 0.967. The fraction of sp³-hybridized carbons (Fsp3) is 0.556. The Bertz CT molecular complexity index is 421. The molecule has 0 saturated carbocycles. The minimum Gasteiger partial charge on any atom is -0.394 e. The lowest BCUT2D eigenvalue weighted by molar-refractivity contribution is 0.0719. The van der Waals surface area contributed by atoms with Crippen molar-refractivity contribution in [2.75, 3.05) is 31.3 Å². The molecule has 1 aliphatic rings. The maximum absolute atomic E-state index is 13.8. The molecule has 1 aromatic rings. The zero-order chi connectivity index (χ0) is 12.4. The molecule has 0 spiro atoms. The zero-order valence-electron chi connectivity index (χ0n) is 8.74. The molecule has 0 unspecified atom stereocenters. The average molecular weight is 282 g/mol. The molecular weight excluding hydrogens is 272 g/mol. The first kappa shape index (κ1) is 12.8. The molecule has 1 aliphatic heterocycles. The summed E-state index contributed by atoms with van der Waals surface area (Å²) in [6.07, 6.45) is 0. The fourth-order valence-electron chi connectivity index (χ4n) is 1.66. The van der Waals surface area contributed by atoms with Crippen LogP contribution >= 0.6 is 23.2 Å². The Balaban J connectivity index is 2.37. The number of aliphatic hydroxyl groups is 1. The van der Waals surface area contributed by atoms with E-state index in [2.05, 4.69) is 9.97 Å². The van der Waals surface area contributed by atoms with Crippen LogP contribution in [0, 0.1) is 5.82 Å². The van der Waals surface area contributed by atoms with Crippen LogP contribution in [0.3, 0.4) is 0 Å². The number of aliphatic hydroxyl groups excluding tert-OH is 1. The third-order valence-corrected chi connectivity index (χ3v) is 2.90. The largest absolute Gasteiger partial charge is 0.394 e. The second kappa shape index (κ2) is 5.30. The summed E-state index contributed by atoms with van der Waals surface area (Å²) < 4.78 is 19.0. The highest BCUT2D eigenvalue weighted by Crippen LogP contribution is 2.26. The van der Waals surface area contributed by atoms with Gasteiger partial charge in [-0.15, -0.1) is 0 Å². The molecule has 1 fully saturated rings. The Hall–Kier alpha value is -0.690. The van der Waals surface area contributed by atoms with Crippen LogP contribution in [0.5, 0.6) is 0 Å². The van der Waals surface area contributed by atoms with Crippen molar-refractivity contribution in [1.82, 2.24) is 9.97 Å². The SMILES string of the molecule is OC[C@@H]1COCCN1c1nc(Cl)nc(Cl)c1F. The first-order valence-corrected chi connectivity index (χ1v) is 5.73. The average Bonchev–Trinajstić information content (AvgIpc) is 2.33. The highest BCUT2D eigenvalue weighted by molar-refractivity contribution is 6.32. The van der Waals surface area contributed by atoms with Gasteiger partial charge in [-0.3, -0.25) is 0 Å². The van der Waals surface area contributed by atoms with E-state index in [9.17, 15) is 9.50 Å². The van der Waals surface area contributed by atoms with Gasteiger partial charge in [-0.2, -0.15) is 9.37 Å². The van der Waals surface area contributed by atoms with Crippen molar-refractivity contribution < 1.29 is 14.2 Å². The topological polar surface area (TPSA) is 58.5 Å². The molecule has 94 valence electrons. The Morgan fingerprint density at radius 2 is 2.24 bits per heavy atom. The molecule has 0 aromatic carbocycles. The summed E-state index contributed by atoms with van der Waals surface area (Å²) in [7, 11) is 0. The van der Waals surface area contributed by atoms with Gasteiger partial charge < -0.3 is 14.7 Å². The Labute approximate surface area is 107 Å². The monoisotopic (exact) mass is 281 g/mol.